The van der Waals surface area contributed by atoms with E-state index in [0.29, 0.717) is 39.4 Å². The normalized spacial score (nSPS) is 11.1. The van der Waals surface area contributed by atoms with E-state index in [4.69, 9.17) is 37.7 Å². The molecule has 0 radical (unpaired) electrons. The van der Waals surface area contributed by atoms with Gasteiger partial charge in [-0.15, -0.1) is 0 Å². The first-order valence-electron chi connectivity index (χ1n) is 9.46. The molecular formula is C21H16ClN5O5S. The third-order valence-corrected chi connectivity index (χ3v) is 5.01. The van der Waals surface area contributed by atoms with E-state index in [-0.39, 0.29) is 17.1 Å². The van der Waals surface area contributed by atoms with E-state index in [1.54, 1.807) is 48.5 Å². The van der Waals surface area contributed by atoms with E-state index in [1.165, 1.54) is 24.1 Å². The summed E-state index contributed by atoms with van der Waals surface area (Å²) in [4.78, 5) is 11.0. The predicted molar refractivity (Wildman–Crippen MR) is 124 cm³/mol. The van der Waals surface area contributed by atoms with Crippen molar-refractivity contribution in [2.24, 2.45) is 5.10 Å². The summed E-state index contributed by atoms with van der Waals surface area (Å²) in [5.74, 6) is 2.10. The van der Waals surface area contributed by atoms with Crippen LogP contribution in [-0.2, 0) is 6.61 Å². The summed E-state index contributed by atoms with van der Waals surface area (Å²) < 4.78 is 18.1. The number of hydrogen-bond acceptors (Lipinski definition) is 8. The van der Waals surface area contributed by atoms with Crippen molar-refractivity contribution in [3.8, 4) is 22.8 Å². The molecule has 0 spiro atoms. The van der Waals surface area contributed by atoms with Crippen LogP contribution in [-0.4, -0.2) is 33.1 Å². The van der Waals surface area contributed by atoms with Crippen molar-refractivity contribution in [3.63, 3.8) is 0 Å². The number of aromatic nitrogens is 3. The van der Waals surface area contributed by atoms with Crippen molar-refractivity contribution < 1.29 is 18.8 Å². The van der Waals surface area contributed by atoms with E-state index >= 15 is 0 Å². The number of nitrogens with one attached hydrogen (secondary N) is 1. The quantitative estimate of drug-likeness (QED) is 0.157. The SMILES string of the molecule is COc1ccc(-c2ccc(/C=N/n3c(COc4ccc(Cl)cc4)n[nH]c3=S)o2)c([N+](=O)[O-])c1. The van der Waals surface area contributed by atoms with Gasteiger partial charge < -0.3 is 13.9 Å². The number of hydrogen-bond donors (Lipinski definition) is 1. The van der Waals surface area contributed by atoms with Crippen molar-refractivity contribution in [1.82, 2.24) is 14.9 Å². The van der Waals surface area contributed by atoms with Gasteiger partial charge in [0.25, 0.3) is 5.69 Å². The maximum Gasteiger partial charge on any atom is 0.284 e. The van der Waals surface area contributed by atoms with Crippen molar-refractivity contribution in [2.75, 3.05) is 7.11 Å². The van der Waals surface area contributed by atoms with Crippen molar-refractivity contribution in [3.05, 3.63) is 86.1 Å². The fourth-order valence-electron chi connectivity index (χ4n) is 2.89. The molecule has 12 heteroatoms. The highest BCUT2D eigenvalue weighted by Crippen LogP contribution is 2.34. The first kappa shape index (κ1) is 22.2. The van der Waals surface area contributed by atoms with Crippen LogP contribution in [0.25, 0.3) is 11.3 Å². The zero-order chi connectivity index (χ0) is 23.4. The summed E-state index contributed by atoms with van der Waals surface area (Å²) in [7, 11) is 1.44. The van der Waals surface area contributed by atoms with E-state index in [1.807, 2.05) is 0 Å². The molecule has 0 aliphatic rings. The van der Waals surface area contributed by atoms with Crippen LogP contribution in [0.4, 0.5) is 5.69 Å². The molecule has 4 rings (SSSR count). The Morgan fingerprint density at radius 1 is 1.24 bits per heavy atom. The fourth-order valence-corrected chi connectivity index (χ4v) is 3.22. The molecule has 0 saturated heterocycles. The topological polar surface area (TPSA) is 121 Å². The summed E-state index contributed by atoms with van der Waals surface area (Å²) in [6.07, 6.45) is 1.43. The summed E-state index contributed by atoms with van der Waals surface area (Å²) in [5.41, 5.74) is 0.184. The molecule has 0 amide bonds. The summed E-state index contributed by atoms with van der Waals surface area (Å²) in [5, 5.41) is 23.1. The molecule has 1 N–H and O–H groups in total. The molecule has 2 aromatic carbocycles. The van der Waals surface area contributed by atoms with Crippen LogP contribution in [0, 0.1) is 14.9 Å². The minimum absolute atomic E-state index is 0.105. The average molecular weight is 486 g/mol. The molecular weight excluding hydrogens is 470 g/mol. The lowest BCUT2D eigenvalue weighted by Gasteiger charge is -2.05. The molecule has 0 atom stereocenters. The molecule has 33 heavy (non-hydrogen) atoms. The lowest BCUT2D eigenvalue weighted by molar-refractivity contribution is -0.384. The molecule has 168 valence electrons. The van der Waals surface area contributed by atoms with Crippen molar-refractivity contribution in [1.29, 1.82) is 0 Å². The van der Waals surface area contributed by atoms with Crippen LogP contribution in [0.5, 0.6) is 11.5 Å². The molecule has 0 fully saturated rings. The maximum atomic E-state index is 11.4. The highest BCUT2D eigenvalue weighted by molar-refractivity contribution is 7.71. The minimum atomic E-state index is -0.494. The molecule has 0 unspecified atom stereocenters. The lowest BCUT2D eigenvalue weighted by Crippen LogP contribution is -2.04. The third kappa shape index (κ3) is 5.10. The fraction of sp³-hybridized carbons (Fsp3) is 0.0952. The standard InChI is InChI=1S/C21H16ClN5O5S/c1-30-15-6-8-17(18(10-15)27(28)29)19-9-7-16(32-19)11-23-26-20(24-25-21(26)33)12-31-14-4-2-13(22)3-5-14/h2-11H,12H2,1H3,(H,25,33)/b23-11+. The smallest absolute Gasteiger partial charge is 0.284 e. The number of nitro groups is 1. The molecule has 4 aromatic rings. The molecule has 2 aromatic heterocycles. The van der Waals surface area contributed by atoms with E-state index in [2.05, 4.69) is 15.3 Å². The van der Waals surface area contributed by atoms with Crippen LogP contribution in [0.15, 0.2) is 64.1 Å². The minimum Gasteiger partial charge on any atom is -0.497 e. The van der Waals surface area contributed by atoms with Gasteiger partial charge >= 0.3 is 0 Å². The van der Waals surface area contributed by atoms with Crippen molar-refractivity contribution in [2.45, 2.75) is 6.61 Å². The number of benzene rings is 2. The van der Waals surface area contributed by atoms with Gasteiger partial charge in [0.2, 0.25) is 4.77 Å². The van der Waals surface area contributed by atoms with E-state index in [9.17, 15) is 10.1 Å². The molecule has 2 heterocycles. The largest absolute Gasteiger partial charge is 0.497 e. The monoisotopic (exact) mass is 485 g/mol. The van der Waals surface area contributed by atoms with Gasteiger partial charge in [-0.3, -0.25) is 10.1 Å². The number of aromatic amines is 1. The van der Waals surface area contributed by atoms with Gasteiger partial charge in [0, 0.05) is 5.02 Å². The molecule has 0 aliphatic carbocycles. The van der Waals surface area contributed by atoms with Crippen LogP contribution in [0.2, 0.25) is 5.02 Å². The Kier molecular flexibility index (Phi) is 6.52. The van der Waals surface area contributed by atoms with Crippen LogP contribution >= 0.6 is 23.8 Å². The maximum absolute atomic E-state index is 11.4. The second kappa shape index (κ2) is 9.67. The Labute approximate surface area is 197 Å². The predicted octanol–water partition coefficient (Wildman–Crippen LogP) is 5.23. The third-order valence-electron chi connectivity index (χ3n) is 4.49. The summed E-state index contributed by atoms with van der Waals surface area (Å²) in [6, 6.07) is 14.7. The van der Waals surface area contributed by atoms with Crippen molar-refractivity contribution >= 4 is 35.7 Å². The highest BCUT2D eigenvalue weighted by atomic mass is 35.5. The molecule has 0 bridgehead atoms. The zero-order valence-electron chi connectivity index (χ0n) is 17.1. The number of halogens is 1. The Morgan fingerprint density at radius 3 is 2.73 bits per heavy atom. The van der Waals surface area contributed by atoms with Crippen LogP contribution < -0.4 is 9.47 Å². The number of furan rings is 1. The first-order chi connectivity index (χ1) is 15.9. The van der Waals surface area contributed by atoms with Gasteiger partial charge in [-0.1, -0.05) is 11.6 Å². The summed E-state index contributed by atoms with van der Waals surface area (Å²) >= 11 is 11.1. The highest BCUT2D eigenvalue weighted by Gasteiger charge is 2.19. The van der Waals surface area contributed by atoms with Gasteiger partial charge in [0.1, 0.15) is 29.6 Å². The molecule has 10 nitrogen and oxygen atoms in total. The molecule has 0 saturated carbocycles. The second-order valence-electron chi connectivity index (χ2n) is 6.59. The first-order valence-corrected chi connectivity index (χ1v) is 10.2. The Bertz CT molecular complexity index is 1380. The zero-order valence-corrected chi connectivity index (χ0v) is 18.7. The number of nitro benzene ring substituents is 1. The number of ether oxygens (including phenoxy) is 2. The number of rotatable bonds is 8. The van der Waals surface area contributed by atoms with Gasteiger partial charge in [-0.2, -0.15) is 14.9 Å². The summed E-state index contributed by atoms with van der Waals surface area (Å²) in [6.45, 7) is 0.105. The Hall–Kier alpha value is -3.96. The second-order valence-corrected chi connectivity index (χ2v) is 7.41. The number of nitrogens with zero attached hydrogens (tertiary/aromatic N) is 4. The average Bonchev–Trinajstić information content (AvgIpc) is 3.43. The van der Waals surface area contributed by atoms with Crippen LogP contribution in [0.3, 0.4) is 0 Å². The van der Waals surface area contributed by atoms with Gasteiger partial charge in [0.05, 0.1) is 29.9 Å². The lowest BCUT2D eigenvalue weighted by atomic mass is 10.1. The Morgan fingerprint density at radius 2 is 2.00 bits per heavy atom. The van der Waals surface area contributed by atoms with Gasteiger partial charge in [0.15, 0.2) is 5.82 Å². The number of H-pyrrole nitrogens is 1. The number of methoxy groups -OCH3 is 1. The van der Waals surface area contributed by atoms with Crippen LogP contribution in [0.1, 0.15) is 11.6 Å². The van der Waals surface area contributed by atoms with Gasteiger partial charge in [-0.05, 0) is 60.7 Å². The van der Waals surface area contributed by atoms with Gasteiger partial charge in [-0.25, -0.2) is 5.10 Å². The van der Waals surface area contributed by atoms with E-state index < -0.39 is 4.92 Å². The molecule has 0 aliphatic heterocycles. The van der Waals surface area contributed by atoms with E-state index in [0.717, 1.165) is 0 Å². The Balaban J connectivity index is 1.53.